The molecule has 30 nitrogen and oxygen atoms in total. The van der Waals surface area contributed by atoms with Gasteiger partial charge in [0.05, 0.1) is 29.4 Å². The lowest BCUT2D eigenvalue weighted by Crippen LogP contribution is -2.91. The van der Waals surface area contributed by atoms with Crippen LogP contribution in [0.3, 0.4) is 0 Å². The normalized spacial score (nSPS) is 26.1. The highest BCUT2D eigenvalue weighted by atomic mass is 32.2. The molecule has 3 aliphatic rings. The SMILES string of the molecule is CO[Si](OC)(O[Si]1(c2ccc(S(=O)(=O)O)cc2)O[Si]2(c3ccccc3)O[Si](C)(c3ccc(S(=O)(=O)O)cc3)O[Si]3(c4ccc(S(=O)(=O)O)cc4)O[Si](C)(c4ccc(S(=O)(=O)O)cc4)O[Si](c4ccc(S(=O)(=O)O)cc4)(O1)O[Si](c1ccc(S(=O)(=O)O)cc1)(O3)O2)c1ccccc1. The molecule has 44 heteroatoms. The molecule has 0 radical (unpaired) electrons. The fourth-order valence-electron chi connectivity index (χ4n) is 10.5. The fraction of sp³-hybridized carbons (Fsp3) is 0.0769. The van der Waals surface area contributed by atoms with Crippen molar-refractivity contribution in [3.8, 4) is 0 Å². The standard InChI is InChI=1S/C52H52O30S6Si8/c1-71-91(72-2,47-11-7-5-8-12-47)77-95(51-35-23-43(24-36-51)87(65,66)67)79-93(48-13-9-6-10-14-48)75-89(3,45-27-15-39(16-28-45)83(53,54)55)73-92(49-31-19-41(20-32-49)85(59,60)61)74-90(4,46-29-17-40(18-30-46)84(56,57)58)76-94(81-95,50-33-21-42(22-34-50)86(62,63)64)82-96(78-92,80-93)52-37-25-44(26-38-52)88(68,69)70/h5-38H,1-4H3,(H,53,54,55)(H,56,57,58)(H,59,60,61)(H,62,63,64)(H,65,66,67)(H,68,69,70). The van der Waals surface area contributed by atoms with Crippen LogP contribution < -0.4 is 41.5 Å². The van der Waals surface area contributed by atoms with Crippen LogP contribution in [0.15, 0.2) is 236 Å². The van der Waals surface area contributed by atoms with E-state index < -0.39 is 160 Å². The first-order valence-electron chi connectivity index (χ1n) is 27.4. The maximum Gasteiger partial charge on any atom is 0.529 e. The van der Waals surface area contributed by atoms with Crippen molar-refractivity contribution in [3.05, 3.63) is 206 Å². The molecule has 0 amide bonds. The van der Waals surface area contributed by atoms with Crippen LogP contribution in [0.1, 0.15) is 0 Å². The summed E-state index contributed by atoms with van der Waals surface area (Å²) in [5.74, 6) is 0. The Morgan fingerprint density at radius 2 is 0.500 bits per heavy atom. The summed E-state index contributed by atoms with van der Waals surface area (Å²) in [5.41, 5.74) is 0. The van der Waals surface area contributed by atoms with E-state index in [2.05, 4.69) is 0 Å². The van der Waals surface area contributed by atoms with Gasteiger partial charge in [0, 0.05) is 45.3 Å². The van der Waals surface area contributed by atoms with E-state index in [0.29, 0.717) is 0 Å². The van der Waals surface area contributed by atoms with Crippen molar-refractivity contribution < 1.29 is 128 Å². The van der Waals surface area contributed by atoms with E-state index in [-0.39, 0.29) is 41.5 Å². The Hall–Kier alpha value is -5.52. The molecule has 7 atom stereocenters. The second-order valence-corrected chi connectivity index (χ2v) is 54.0. The Morgan fingerprint density at radius 3 is 0.760 bits per heavy atom. The lowest BCUT2D eigenvalue weighted by atomic mass is 10.4. The van der Waals surface area contributed by atoms with Crippen LogP contribution in [-0.4, -0.2) is 162 Å². The van der Waals surface area contributed by atoms with Gasteiger partial charge in [-0.15, -0.1) is 0 Å². The van der Waals surface area contributed by atoms with Crippen LogP contribution in [0, 0.1) is 0 Å². The minimum absolute atomic E-state index is 0.0867. The van der Waals surface area contributed by atoms with Crippen LogP contribution in [0.5, 0.6) is 0 Å². The molecule has 0 spiro atoms. The highest BCUT2D eigenvalue weighted by Crippen LogP contribution is 2.44. The smallest absolute Gasteiger partial charge is 0.387 e. The Bertz CT molecular complexity index is 5020. The van der Waals surface area contributed by atoms with Crippen LogP contribution in [0.25, 0.3) is 0 Å². The topological polar surface area (TPSA) is 437 Å². The van der Waals surface area contributed by atoms with Gasteiger partial charge >= 0.3 is 69.9 Å². The van der Waals surface area contributed by atoms with E-state index in [1.165, 1.54) is 63.7 Å². The Labute approximate surface area is 558 Å². The number of benzene rings is 8. The minimum atomic E-state index is -6.05. The third kappa shape index (κ3) is 13.9. The largest absolute Gasteiger partial charge is 0.529 e. The average Bonchev–Trinajstić information content (AvgIpc) is 0.684. The minimum Gasteiger partial charge on any atom is -0.387 e. The van der Waals surface area contributed by atoms with Crippen molar-refractivity contribution in [2.75, 3.05) is 14.2 Å². The zero-order valence-corrected chi connectivity index (χ0v) is 62.5. The molecule has 3 aliphatic heterocycles. The lowest BCUT2D eigenvalue weighted by Gasteiger charge is -2.58. The number of hydrogen-bond acceptors (Lipinski definition) is 24. The van der Waals surface area contributed by atoms with Crippen LogP contribution in [0.2, 0.25) is 13.1 Å². The van der Waals surface area contributed by atoms with Crippen LogP contribution in [-0.2, 0) is 111 Å². The molecule has 6 N–H and O–H groups in total. The Balaban J connectivity index is 1.40. The maximum atomic E-state index is 13.0. The zero-order chi connectivity index (χ0) is 69.6. The molecule has 3 saturated heterocycles. The highest BCUT2D eigenvalue weighted by Gasteiger charge is 2.80. The van der Waals surface area contributed by atoms with Gasteiger partial charge in [0.25, 0.3) is 60.7 Å². The Kier molecular flexibility index (Phi) is 18.9. The van der Waals surface area contributed by atoms with Gasteiger partial charge in [0.15, 0.2) is 0 Å². The summed E-state index contributed by atoms with van der Waals surface area (Å²) in [6.07, 6.45) is 0. The molecule has 0 aromatic heterocycles. The summed E-state index contributed by atoms with van der Waals surface area (Å²) >= 11 is 0. The summed E-state index contributed by atoms with van der Waals surface area (Å²) in [7, 11) is -73.0. The predicted octanol–water partition coefficient (Wildman–Crippen LogP) is 0.00120. The van der Waals surface area contributed by atoms with Gasteiger partial charge in [0.2, 0.25) is 0 Å². The predicted molar refractivity (Wildman–Crippen MR) is 350 cm³/mol. The third-order valence-corrected chi connectivity index (χ3v) is 53.8. The summed E-state index contributed by atoms with van der Waals surface area (Å²) in [4.78, 5) is -4.24. The number of hydrogen-bond donors (Lipinski definition) is 6. The van der Waals surface area contributed by atoms with Crippen molar-refractivity contribution in [2.24, 2.45) is 0 Å². The molecule has 508 valence electrons. The first kappa shape index (κ1) is 71.7. The van der Waals surface area contributed by atoms with Crippen molar-refractivity contribution >= 4 is 172 Å². The maximum absolute atomic E-state index is 13.0. The molecular weight excluding hydrogens is 1520 g/mol. The summed E-state index contributed by atoms with van der Waals surface area (Å²) in [6.45, 7) is 2.69. The summed E-state index contributed by atoms with van der Waals surface area (Å²) < 4.78 is 309. The molecule has 11 rings (SSSR count). The van der Waals surface area contributed by atoms with Gasteiger partial charge in [-0.3, -0.25) is 27.3 Å². The molecule has 7 unspecified atom stereocenters. The van der Waals surface area contributed by atoms with E-state index in [1.54, 1.807) is 36.4 Å². The second kappa shape index (κ2) is 25.3. The molecule has 96 heavy (non-hydrogen) atoms. The van der Waals surface area contributed by atoms with Crippen molar-refractivity contribution in [1.29, 1.82) is 0 Å². The highest BCUT2D eigenvalue weighted by molar-refractivity contribution is 7.87. The van der Waals surface area contributed by atoms with Gasteiger partial charge in [-0.2, -0.15) is 50.5 Å². The first-order chi connectivity index (χ1) is 44.7. The van der Waals surface area contributed by atoms with Gasteiger partial charge in [-0.05, 0) is 96.3 Å². The zero-order valence-electron chi connectivity index (χ0n) is 49.6. The summed E-state index contributed by atoms with van der Waals surface area (Å²) in [5, 5.41) is -1.45. The lowest BCUT2D eigenvalue weighted by molar-refractivity contribution is 0.0506. The van der Waals surface area contributed by atoms with Crippen molar-refractivity contribution in [3.63, 3.8) is 0 Å². The van der Waals surface area contributed by atoms with E-state index in [4.69, 9.17) is 50.0 Å². The third-order valence-electron chi connectivity index (χ3n) is 15.1. The molecule has 0 saturated carbocycles. The van der Waals surface area contributed by atoms with Gasteiger partial charge in [-0.1, -0.05) is 133 Å². The second-order valence-electron chi connectivity index (χ2n) is 21.4. The van der Waals surface area contributed by atoms with E-state index >= 15 is 0 Å². The molecule has 3 heterocycles. The van der Waals surface area contributed by atoms with Crippen molar-refractivity contribution in [1.82, 2.24) is 0 Å². The number of fused-ring (bicyclic) bond motifs is 3. The molecule has 4 bridgehead atoms. The van der Waals surface area contributed by atoms with Gasteiger partial charge in [-0.25, -0.2) is 0 Å². The molecule has 8 aromatic rings. The van der Waals surface area contributed by atoms with E-state index in [9.17, 15) is 77.8 Å². The number of rotatable bonds is 18. The van der Waals surface area contributed by atoms with E-state index in [1.807, 2.05) is 0 Å². The quantitative estimate of drug-likeness (QED) is 0.0486. The Morgan fingerprint density at radius 1 is 0.281 bits per heavy atom. The van der Waals surface area contributed by atoms with Crippen LogP contribution >= 0.6 is 0 Å². The molecule has 0 aliphatic carbocycles. The molecular formula is C52H52O30S6Si8. The first-order valence-corrected chi connectivity index (χ1v) is 51.0. The molecule has 8 aromatic carbocycles. The average molecular weight is 1570 g/mol. The van der Waals surface area contributed by atoms with E-state index in [0.717, 1.165) is 133 Å². The van der Waals surface area contributed by atoms with Crippen molar-refractivity contribution in [2.45, 2.75) is 42.5 Å². The van der Waals surface area contributed by atoms with Gasteiger partial charge in [0.1, 0.15) is 0 Å². The fourth-order valence-corrected chi connectivity index (χ4v) is 55.1. The summed E-state index contributed by atoms with van der Waals surface area (Å²) in [6, 6.07) is 39.7. The van der Waals surface area contributed by atoms with Crippen LogP contribution in [0.4, 0.5) is 0 Å². The van der Waals surface area contributed by atoms with Gasteiger partial charge < -0.3 is 50.0 Å². The molecule has 3 fully saturated rings. The monoisotopic (exact) mass is 1570 g/mol.